The number of aromatic nitrogens is 2. The molecule has 1 amide bonds. The maximum absolute atomic E-state index is 13.2. The van der Waals surface area contributed by atoms with Crippen molar-refractivity contribution in [2.45, 2.75) is 50.7 Å². The summed E-state index contributed by atoms with van der Waals surface area (Å²) in [7, 11) is 0. The third-order valence-corrected chi connectivity index (χ3v) is 5.04. The van der Waals surface area contributed by atoms with Gasteiger partial charge in [0.1, 0.15) is 5.69 Å². The number of hydrogen-bond acceptors (Lipinski definition) is 4. The molecular weight excluding hydrogens is 330 g/mol. The number of likely N-dealkylation sites (tertiary alicyclic amines) is 2. The van der Waals surface area contributed by atoms with E-state index in [4.69, 9.17) is 0 Å². The Morgan fingerprint density at radius 1 is 1.28 bits per heavy atom. The van der Waals surface area contributed by atoms with E-state index >= 15 is 0 Å². The highest BCUT2D eigenvalue weighted by atomic mass is 19.3. The molecule has 8 heteroatoms. The lowest BCUT2D eigenvalue weighted by Gasteiger charge is -2.36. The van der Waals surface area contributed by atoms with Crippen molar-refractivity contribution < 1.29 is 18.7 Å². The molecule has 0 spiro atoms. The van der Waals surface area contributed by atoms with E-state index in [1.165, 1.54) is 0 Å². The molecule has 0 bridgehead atoms. The van der Waals surface area contributed by atoms with Crippen LogP contribution < -0.4 is 0 Å². The molecule has 2 saturated heterocycles. The number of carbonyl (C=O) groups is 1. The molecule has 1 aromatic heterocycles. The van der Waals surface area contributed by atoms with Gasteiger partial charge in [0.2, 0.25) is 0 Å². The minimum absolute atomic E-state index is 0.166. The fraction of sp³-hybridized carbons (Fsp3) is 0.765. The van der Waals surface area contributed by atoms with Crippen molar-refractivity contribution in [3.8, 4) is 0 Å². The van der Waals surface area contributed by atoms with Crippen LogP contribution in [0.1, 0.15) is 43.1 Å². The van der Waals surface area contributed by atoms with Gasteiger partial charge in [0.25, 0.3) is 11.8 Å². The summed E-state index contributed by atoms with van der Waals surface area (Å²) in [6, 6.07) is 1.70. The lowest BCUT2D eigenvalue weighted by atomic mass is 10.00. The van der Waals surface area contributed by atoms with Crippen LogP contribution in [0.5, 0.6) is 0 Å². The molecule has 1 N–H and O–H groups in total. The van der Waals surface area contributed by atoms with Gasteiger partial charge >= 0.3 is 0 Å². The van der Waals surface area contributed by atoms with Gasteiger partial charge in [0, 0.05) is 51.8 Å². The van der Waals surface area contributed by atoms with Crippen molar-refractivity contribution in [1.82, 2.24) is 19.6 Å². The maximum atomic E-state index is 13.2. The van der Waals surface area contributed by atoms with Gasteiger partial charge in [-0.25, -0.2) is 8.78 Å². The first-order chi connectivity index (χ1) is 11.8. The molecule has 3 rings (SSSR count). The molecule has 2 aliphatic heterocycles. The predicted octanol–water partition coefficient (Wildman–Crippen LogP) is 1.60. The van der Waals surface area contributed by atoms with Gasteiger partial charge in [0.05, 0.1) is 12.1 Å². The first-order valence-electron chi connectivity index (χ1n) is 8.96. The average molecular weight is 356 g/mol. The van der Waals surface area contributed by atoms with E-state index in [1.54, 1.807) is 21.8 Å². The van der Waals surface area contributed by atoms with E-state index in [2.05, 4.69) is 5.10 Å². The van der Waals surface area contributed by atoms with Crippen molar-refractivity contribution >= 4 is 5.91 Å². The largest absolute Gasteiger partial charge is 0.387 e. The van der Waals surface area contributed by atoms with E-state index in [1.807, 2.05) is 11.8 Å². The quantitative estimate of drug-likeness (QED) is 0.871. The van der Waals surface area contributed by atoms with Crippen LogP contribution in [0.4, 0.5) is 8.78 Å². The third-order valence-electron chi connectivity index (χ3n) is 5.04. The normalized spacial score (nSPS) is 27.0. The molecule has 0 aromatic carbocycles. The Balaban J connectivity index is 1.55. The molecular formula is C17H26F2N4O2. The van der Waals surface area contributed by atoms with Crippen LogP contribution in [-0.4, -0.2) is 74.8 Å². The summed E-state index contributed by atoms with van der Waals surface area (Å²) in [6.07, 6.45) is 2.85. The molecule has 25 heavy (non-hydrogen) atoms. The lowest BCUT2D eigenvalue weighted by Crippen LogP contribution is -2.49. The van der Waals surface area contributed by atoms with Crippen LogP contribution in [0.2, 0.25) is 0 Å². The highest BCUT2D eigenvalue weighted by Crippen LogP contribution is 2.30. The SMILES string of the molecule is CCCn1ccc(C(=O)N2CC[C@@](O)(CN3CCC(F)(F)CC3)C2)n1. The van der Waals surface area contributed by atoms with E-state index < -0.39 is 11.5 Å². The number of amides is 1. The average Bonchev–Trinajstić information content (AvgIpc) is 3.17. The smallest absolute Gasteiger partial charge is 0.274 e. The molecule has 0 radical (unpaired) electrons. The number of carbonyl (C=O) groups excluding carboxylic acids is 1. The zero-order valence-corrected chi connectivity index (χ0v) is 14.6. The topological polar surface area (TPSA) is 61.6 Å². The standard InChI is InChI=1S/C17H26F2N4O2/c1-2-7-23-8-3-14(20-23)15(24)22-11-4-16(25,13-22)12-21-9-5-17(18,19)6-10-21/h3,8,25H,2,4-7,9-13H2,1H3/t16-/m1/s1. The number of β-amino-alcohol motifs (C(OH)–C–C–N with tert-alkyl or cyclic N) is 1. The summed E-state index contributed by atoms with van der Waals surface area (Å²) in [6.45, 7) is 4.38. The Morgan fingerprint density at radius 3 is 2.68 bits per heavy atom. The predicted molar refractivity (Wildman–Crippen MR) is 88.6 cm³/mol. The highest BCUT2D eigenvalue weighted by Gasteiger charge is 2.42. The minimum Gasteiger partial charge on any atom is -0.387 e. The van der Waals surface area contributed by atoms with Crippen molar-refractivity contribution in [3.63, 3.8) is 0 Å². The Kier molecular flexibility index (Phi) is 5.11. The second-order valence-corrected chi connectivity index (χ2v) is 7.30. The van der Waals surface area contributed by atoms with Crippen LogP contribution in [0.3, 0.4) is 0 Å². The number of piperidine rings is 1. The molecule has 1 aromatic rings. The first-order valence-corrected chi connectivity index (χ1v) is 8.96. The second kappa shape index (κ2) is 6.99. The molecule has 0 aliphatic carbocycles. The van der Waals surface area contributed by atoms with Crippen molar-refractivity contribution in [1.29, 1.82) is 0 Å². The monoisotopic (exact) mass is 356 g/mol. The number of halogens is 2. The van der Waals surface area contributed by atoms with Gasteiger partial charge in [-0.1, -0.05) is 6.92 Å². The van der Waals surface area contributed by atoms with E-state index in [9.17, 15) is 18.7 Å². The van der Waals surface area contributed by atoms with Crippen LogP contribution >= 0.6 is 0 Å². The number of alkyl halides is 2. The van der Waals surface area contributed by atoms with Gasteiger partial charge in [-0.15, -0.1) is 0 Å². The molecule has 0 unspecified atom stereocenters. The highest BCUT2D eigenvalue weighted by molar-refractivity contribution is 5.92. The summed E-state index contributed by atoms with van der Waals surface area (Å²) in [4.78, 5) is 16.0. The number of nitrogens with zero attached hydrogens (tertiary/aromatic N) is 4. The summed E-state index contributed by atoms with van der Waals surface area (Å²) in [5.74, 6) is -2.77. The Hall–Kier alpha value is -1.54. The minimum atomic E-state index is -2.59. The summed E-state index contributed by atoms with van der Waals surface area (Å²) in [5.41, 5.74) is -0.649. The maximum Gasteiger partial charge on any atom is 0.274 e. The summed E-state index contributed by atoms with van der Waals surface area (Å²) in [5, 5.41) is 15.1. The van der Waals surface area contributed by atoms with Crippen molar-refractivity contribution in [2.24, 2.45) is 0 Å². The molecule has 2 aliphatic rings. The third kappa shape index (κ3) is 4.36. The van der Waals surface area contributed by atoms with Gasteiger partial charge < -0.3 is 10.0 Å². The van der Waals surface area contributed by atoms with Gasteiger partial charge in [-0.2, -0.15) is 5.10 Å². The molecule has 140 valence electrons. The zero-order valence-electron chi connectivity index (χ0n) is 14.6. The van der Waals surface area contributed by atoms with Crippen LogP contribution in [0, 0.1) is 0 Å². The zero-order chi connectivity index (χ0) is 18.1. The number of aliphatic hydroxyl groups is 1. The lowest BCUT2D eigenvalue weighted by molar-refractivity contribution is -0.0720. The number of rotatable bonds is 5. The van der Waals surface area contributed by atoms with Gasteiger partial charge in [-0.3, -0.25) is 14.4 Å². The molecule has 2 fully saturated rings. The Bertz CT molecular complexity index is 612. The van der Waals surface area contributed by atoms with Gasteiger partial charge in [0.15, 0.2) is 0 Å². The fourth-order valence-electron chi connectivity index (χ4n) is 3.60. The van der Waals surface area contributed by atoms with E-state index in [-0.39, 0.29) is 38.4 Å². The second-order valence-electron chi connectivity index (χ2n) is 7.30. The molecule has 0 saturated carbocycles. The van der Waals surface area contributed by atoms with Crippen LogP contribution in [-0.2, 0) is 6.54 Å². The Labute approximate surface area is 146 Å². The van der Waals surface area contributed by atoms with E-state index in [0.717, 1.165) is 13.0 Å². The van der Waals surface area contributed by atoms with Gasteiger partial charge in [-0.05, 0) is 18.9 Å². The summed E-state index contributed by atoms with van der Waals surface area (Å²) >= 11 is 0. The fourth-order valence-corrected chi connectivity index (χ4v) is 3.60. The molecule has 3 heterocycles. The van der Waals surface area contributed by atoms with Crippen molar-refractivity contribution in [2.75, 3.05) is 32.7 Å². The van der Waals surface area contributed by atoms with E-state index in [0.29, 0.717) is 25.2 Å². The van der Waals surface area contributed by atoms with Crippen molar-refractivity contribution in [3.05, 3.63) is 18.0 Å². The first kappa shape index (κ1) is 18.3. The number of aryl methyl sites for hydroxylation is 1. The Morgan fingerprint density at radius 2 is 2.00 bits per heavy atom. The molecule has 6 nitrogen and oxygen atoms in total. The van der Waals surface area contributed by atoms with Crippen LogP contribution in [0.15, 0.2) is 12.3 Å². The number of hydrogen-bond donors (Lipinski definition) is 1. The summed E-state index contributed by atoms with van der Waals surface area (Å²) < 4.78 is 28.2. The molecule has 1 atom stereocenters. The van der Waals surface area contributed by atoms with Crippen LogP contribution in [0.25, 0.3) is 0 Å².